The Bertz CT molecular complexity index is 256. The number of carbonyl (C=O) groups excluding carboxylic acids is 1. The van der Waals surface area contributed by atoms with Gasteiger partial charge in [0, 0.05) is 26.7 Å². The largest absolute Gasteiger partial charge is 0.480 e. The second-order valence-electron chi connectivity index (χ2n) is 4.32. The lowest BCUT2D eigenvalue weighted by atomic mass is 10.4. The van der Waals surface area contributed by atoms with Gasteiger partial charge in [-0.1, -0.05) is 6.92 Å². The van der Waals surface area contributed by atoms with E-state index in [1.807, 2.05) is 25.9 Å². The maximum atomic E-state index is 12.0. The molecule has 0 bridgehead atoms. The molecule has 100 valence electrons. The molecule has 0 unspecified atom stereocenters. The fourth-order valence-corrected chi connectivity index (χ4v) is 1.36. The number of urea groups is 1. The van der Waals surface area contributed by atoms with E-state index in [2.05, 4.69) is 0 Å². The maximum absolute atomic E-state index is 12.0. The van der Waals surface area contributed by atoms with Crippen molar-refractivity contribution in [2.75, 3.05) is 47.3 Å². The van der Waals surface area contributed by atoms with Crippen molar-refractivity contribution in [3.05, 3.63) is 0 Å². The third-order valence-corrected chi connectivity index (χ3v) is 2.30. The molecule has 0 heterocycles. The predicted molar refractivity (Wildman–Crippen MR) is 66.1 cm³/mol. The minimum Gasteiger partial charge on any atom is -0.480 e. The summed E-state index contributed by atoms with van der Waals surface area (Å²) < 4.78 is 0. The Kier molecular flexibility index (Phi) is 7.29. The lowest BCUT2D eigenvalue weighted by Crippen LogP contribution is -2.45. The quantitative estimate of drug-likeness (QED) is 0.705. The van der Waals surface area contributed by atoms with Crippen LogP contribution < -0.4 is 0 Å². The topological polar surface area (TPSA) is 64.1 Å². The summed E-state index contributed by atoms with van der Waals surface area (Å²) in [5.41, 5.74) is 0. The predicted octanol–water partition coefficient (Wildman–Crippen LogP) is 0.396. The fraction of sp³-hybridized carbons (Fsp3) is 0.818. The summed E-state index contributed by atoms with van der Waals surface area (Å²) in [6, 6.07) is -0.226. The van der Waals surface area contributed by atoms with Crippen LogP contribution in [0.3, 0.4) is 0 Å². The molecule has 0 aliphatic rings. The van der Waals surface area contributed by atoms with E-state index in [0.29, 0.717) is 13.1 Å². The highest BCUT2D eigenvalue weighted by molar-refractivity contribution is 5.80. The first-order chi connectivity index (χ1) is 7.88. The standard InChI is InChI=1S/C11H23N3O3/c1-5-6-14(9-10(15)16)11(17)13(4)8-7-12(2)3/h5-9H2,1-4H3,(H,15,16). The lowest BCUT2D eigenvalue weighted by molar-refractivity contribution is -0.137. The first kappa shape index (κ1) is 15.7. The van der Waals surface area contributed by atoms with Gasteiger partial charge in [-0.25, -0.2) is 4.79 Å². The van der Waals surface area contributed by atoms with Crippen LogP contribution in [0.1, 0.15) is 13.3 Å². The molecule has 1 N–H and O–H groups in total. The number of carboxylic acid groups (broad SMARTS) is 1. The zero-order valence-electron chi connectivity index (χ0n) is 11.1. The maximum Gasteiger partial charge on any atom is 0.323 e. The van der Waals surface area contributed by atoms with Gasteiger partial charge in [0.25, 0.3) is 0 Å². The lowest BCUT2D eigenvalue weighted by Gasteiger charge is -2.27. The summed E-state index contributed by atoms with van der Waals surface area (Å²) in [5, 5.41) is 8.74. The van der Waals surface area contributed by atoms with Crippen LogP contribution in [0.2, 0.25) is 0 Å². The van der Waals surface area contributed by atoms with Gasteiger partial charge < -0.3 is 19.8 Å². The van der Waals surface area contributed by atoms with E-state index < -0.39 is 5.97 Å². The van der Waals surface area contributed by atoms with Gasteiger partial charge in [0.1, 0.15) is 6.54 Å². The smallest absolute Gasteiger partial charge is 0.323 e. The number of nitrogens with zero attached hydrogens (tertiary/aromatic N) is 3. The Morgan fingerprint density at radius 1 is 1.06 bits per heavy atom. The second-order valence-corrected chi connectivity index (χ2v) is 4.32. The molecule has 0 aliphatic carbocycles. The summed E-state index contributed by atoms with van der Waals surface area (Å²) in [6.45, 7) is 3.50. The molecule has 0 rings (SSSR count). The molecule has 6 heteroatoms. The average Bonchev–Trinajstić information content (AvgIpc) is 2.23. The number of rotatable bonds is 7. The molecule has 0 atom stereocenters. The van der Waals surface area contributed by atoms with Gasteiger partial charge in [0.15, 0.2) is 0 Å². The third kappa shape index (κ3) is 6.78. The van der Waals surface area contributed by atoms with Crippen LogP contribution >= 0.6 is 0 Å². The molecule has 0 aromatic heterocycles. The number of carbonyl (C=O) groups is 2. The zero-order chi connectivity index (χ0) is 13.4. The number of amides is 2. The number of likely N-dealkylation sites (N-methyl/N-ethyl adjacent to an activating group) is 2. The molecule has 0 radical (unpaired) electrons. The summed E-state index contributed by atoms with van der Waals surface area (Å²) in [6.07, 6.45) is 0.751. The van der Waals surface area contributed by atoms with Gasteiger partial charge in [0.05, 0.1) is 0 Å². The Balaban J connectivity index is 4.32. The molecular weight excluding hydrogens is 222 g/mol. The van der Waals surface area contributed by atoms with E-state index in [9.17, 15) is 9.59 Å². The van der Waals surface area contributed by atoms with E-state index in [0.717, 1.165) is 13.0 Å². The van der Waals surface area contributed by atoms with E-state index in [1.54, 1.807) is 11.9 Å². The SMILES string of the molecule is CCCN(CC(=O)O)C(=O)N(C)CCN(C)C. The van der Waals surface area contributed by atoms with Crippen LogP contribution in [0.5, 0.6) is 0 Å². The first-order valence-corrected chi connectivity index (χ1v) is 5.75. The molecule has 0 fully saturated rings. The molecular formula is C11H23N3O3. The van der Waals surface area contributed by atoms with Gasteiger partial charge >= 0.3 is 12.0 Å². The minimum atomic E-state index is -0.979. The van der Waals surface area contributed by atoms with Crippen LogP contribution in [0.4, 0.5) is 4.79 Å². The van der Waals surface area contributed by atoms with Gasteiger partial charge in [-0.05, 0) is 20.5 Å². The highest BCUT2D eigenvalue weighted by Crippen LogP contribution is 1.99. The van der Waals surface area contributed by atoms with Crippen LogP contribution in [0.25, 0.3) is 0 Å². The van der Waals surface area contributed by atoms with E-state index in [1.165, 1.54) is 4.90 Å². The van der Waals surface area contributed by atoms with E-state index in [-0.39, 0.29) is 12.6 Å². The minimum absolute atomic E-state index is 0.226. The van der Waals surface area contributed by atoms with Crippen molar-refractivity contribution in [2.45, 2.75) is 13.3 Å². The average molecular weight is 245 g/mol. The summed E-state index contributed by atoms with van der Waals surface area (Å²) in [5.74, 6) is -0.979. The molecule has 0 spiro atoms. The Morgan fingerprint density at radius 2 is 1.65 bits per heavy atom. The highest BCUT2D eigenvalue weighted by atomic mass is 16.4. The van der Waals surface area contributed by atoms with E-state index in [4.69, 9.17) is 5.11 Å². The van der Waals surface area contributed by atoms with Crippen molar-refractivity contribution in [2.24, 2.45) is 0 Å². The normalized spacial score (nSPS) is 10.4. The van der Waals surface area contributed by atoms with Gasteiger partial charge in [0.2, 0.25) is 0 Å². The van der Waals surface area contributed by atoms with Crippen molar-refractivity contribution >= 4 is 12.0 Å². The number of hydrogen-bond donors (Lipinski definition) is 1. The van der Waals surface area contributed by atoms with Gasteiger partial charge in [-0.15, -0.1) is 0 Å². The second kappa shape index (κ2) is 7.89. The Hall–Kier alpha value is -1.30. The summed E-state index contributed by atoms with van der Waals surface area (Å²) in [4.78, 5) is 27.5. The molecule has 0 aromatic carbocycles. The monoisotopic (exact) mass is 245 g/mol. The molecule has 17 heavy (non-hydrogen) atoms. The number of aliphatic carboxylic acids is 1. The third-order valence-electron chi connectivity index (χ3n) is 2.30. The fourth-order valence-electron chi connectivity index (χ4n) is 1.36. The molecule has 0 aliphatic heterocycles. The molecule has 6 nitrogen and oxygen atoms in total. The zero-order valence-corrected chi connectivity index (χ0v) is 11.1. The Labute approximate surface area is 103 Å². The van der Waals surface area contributed by atoms with Crippen LogP contribution in [-0.4, -0.2) is 79.1 Å². The molecule has 0 saturated heterocycles. The van der Waals surface area contributed by atoms with Crippen molar-refractivity contribution in [3.63, 3.8) is 0 Å². The summed E-state index contributed by atoms with van der Waals surface area (Å²) in [7, 11) is 5.55. The van der Waals surface area contributed by atoms with Gasteiger partial charge in [-0.3, -0.25) is 4.79 Å². The number of hydrogen-bond acceptors (Lipinski definition) is 3. The van der Waals surface area contributed by atoms with Crippen LogP contribution in [-0.2, 0) is 4.79 Å². The van der Waals surface area contributed by atoms with Gasteiger partial charge in [-0.2, -0.15) is 0 Å². The first-order valence-electron chi connectivity index (χ1n) is 5.75. The highest BCUT2D eigenvalue weighted by Gasteiger charge is 2.19. The molecule has 0 aromatic rings. The van der Waals surface area contributed by atoms with Crippen molar-refractivity contribution < 1.29 is 14.7 Å². The number of carboxylic acids is 1. The molecule has 2 amide bonds. The van der Waals surface area contributed by atoms with Crippen molar-refractivity contribution in [1.82, 2.24) is 14.7 Å². The van der Waals surface area contributed by atoms with Crippen molar-refractivity contribution in [1.29, 1.82) is 0 Å². The summed E-state index contributed by atoms with van der Waals surface area (Å²) >= 11 is 0. The van der Waals surface area contributed by atoms with Crippen molar-refractivity contribution in [3.8, 4) is 0 Å². The Morgan fingerprint density at radius 3 is 2.06 bits per heavy atom. The van der Waals surface area contributed by atoms with Crippen LogP contribution in [0.15, 0.2) is 0 Å². The van der Waals surface area contributed by atoms with E-state index >= 15 is 0 Å². The van der Waals surface area contributed by atoms with Crippen LogP contribution in [0, 0.1) is 0 Å². The molecule has 0 saturated carbocycles.